The lowest BCUT2D eigenvalue weighted by Crippen LogP contribution is -2.28. The Bertz CT molecular complexity index is 1000. The lowest BCUT2D eigenvalue weighted by atomic mass is 10.00. The zero-order valence-electron chi connectivity index (χ0n) is 15.2. The van der Waals surface area contributed by atoms with E-state index < -0.39 is 0 Å². The Kier molecular flexibility index (Phi) is 4.54. The molecule has 0 N–H and O–H groups in total. The molecule has 1 aliphatic rings. The number of benzene rings is 2. The van der Waals surface area contributed by atoms with Crippen LogP contribution in [0.15, 0.2) is 53.5 Å². The number of aryl methyl sites for hydroxylation is 1. The largest absolute Gasteiger partial charge is 0.495 e. The number of ether oxygens (including phenoxy) is 1. The van der Waals surface area contributed by atoms with Crippen molar-refractivity contribution in [2.45, 2.75) is 13.5 Å². The molecule has 0 aliphatic carbocycles. The Morgan fingerprint density at radius 1 is 1.07 bits per heavy atom. The van der Waals surface area contributed by atoms with Crippen LogP contribution in [-0.4, -0.2) is 30.2 Å². The number of halogens is 1. The second-order valence-corrected chi connectivity index (χ2v) is 6.44. The number of fused-ring (bicyclic) bond motifs is 1. The second kappa shape index (κ2) is 7.15. The highest BCUT2D eigenvalue weighted by Crippen LogP contribution is 2.38. The van der Waals surface area contributed by atoms with Gasteiger partial charge >= 0.3 is 0 Å². The maximum absolute atomic E-state index is 13.6. The summed E-state index contributed by atoms with van der Waals surface area (Å²) < 4.78 is 19.3. The standard InChI is InChI=1S/C21H19FN4O/c1-14-6-7-19(25-24-14)12-26-13-23-11-17-8-16(10-20(27-2)21(17)26)15-4-3-5-18(22)9-15/h3-11H,12-13H2,1-2H3. The van der Waals surface area contributed by atoms with Gasteiger partial charge in [0.1, 0.15) is 18.2 Å². The van der Waals surface area contributed by atoms with Crippen LogP contribution in [0.4, 0.5) is 10.1 Å². The summed E-state index contributed by atoms with van der Waals surface area (Å²) in [6.07, 6.45) is 1.83. The fraction of sp³-hybridized carbons (Fsp3) is 0.190. The summed E-state index contributed by atoms with van der Waals surface area (Å²) in [6, 6.07) is 14.4. The van der Waals surface area contributed by atoms with Crippen molar-refractivity contribution in [3.05, 3.63) is 71.3 Å². The molecule has 1 aliphatic heterocycles. The van der Waals surface area contributed by atoms with E-state index in [4.69, 9.17) is 4.74 Å². The number of aromatic nitrogens is 2. The molecule has 4 rings (SSSR count). The summed E-state index contributed by atoms with van der Waals surface area (Å²) in [5.74, 6) is 0.454. The molecule has 1 aromatic heterocycles. The normalized spacial score (nSPS) is 12.8. The average molecular weight is 362 g/mol. The third-order valence-electron chi connectivity index (χ3n) is 4.49. The smallest absolute Gasteiger partial charge is 0.143 e. The summed E-state index contributed by atoms with van der Waals surface area (Å²) >= 11 is 0. The molecule has 0 radical (unpaired) electrons. The van der Waals surface area contributed by atoms with E-state index in [1.165, 1.54) is 12.1 Å². The number of aliphatic imine (C=N–C) groups is 1. The Morgan fingerprint density at radius 2 is 1.96 bits per heavy atom. The highest BCUT2D eigenvalue weighted by atomic mass is 19.1. The number of hydrogen-bond acceptors (Lipinski definition) is 5. The molecule has 0 spiro atoms. The molecule has 136 valence electrons. The maximum Gasteiger partial charge on any atom is 0.143 e. The molecule has 0 bridgehead atoms. The van der Waals surface area contributed by atoms with Gasteiger partial charge in [0.25, 0.3) is 0 Å². The first kappa shape index (κ1) is 17.1. The molecular formula is C21H19FN4O. The molecule has 2 aromatic carbocycles. The molecule has 0 amide bonds. The Morgan fingerprint density at radius 3 is 2.70 bits per heavy atom. The van der Waals surface area contributed by atoms with Gasteiger partial charge in [0.2, 0.25) is 0 Å². The molecule has 5 nitrogen and oxygen atoms in total. The van der Waals surface area contributed by atoms with Crippen LogP contribution in [0.5, 0.6) is 5.75 Å². The van der Waals surface area contributed by atoms with Crippen LogP contribution in [0.3, 0.4) is 0 Å². The molecule has 6 heteroatoms. The van der Waals surface area contributed by atoms with Crippen LogP contribution < -0.4 is 9.64 Å². The zero-order chi connectivity index (χ0) is 18.8. The van der Waals surface area contributed by atoms with Crippen molar-refractivity contribution < 1.29 is 9.13 Å². The van der Waals surface area contributed by atoms with E-state index in [9.17, 15) is 4.39 Å². The molecule has 2 heterocycles. The molecule has 3 aromatic rings. The lowest BCUT2D eigenvalue weighted by molar-refractivity contribution is 0.414. The van der Waals surface area contributed by atoms with Crippen LogP contribution in [0.2, 0.25) is 0 Å². The van der Waals surface area contributed by atoms with Crippen molar-refractivity contribution >= 4 is 11.9 Å². The van der Waals surface area contributed by atoms with Crippen molar-refractivity contribution in [3.8, 4) is 16.9 Å². The summed E-state index contributed by atoms with van der Waals surface area (Å²) in [5, 5.41) is 8.37. The number of methoxy groups -OCH3 is 1. The van der Waals surface area contributed by atoms with Crippen LogP contribution >= 0.6 is 0 Å². The minimum absolute atomic E-state index is 0.266. The molecule has 0 unspecified atom stereocenters. The first-order valence-corrected chi connectivity index (χ1v) is 8.66. The van der Waals surface area contributed by atoms with E-state index >= 15 is 0 Å². The van der Waals surface area contributed by atoms with Gasteiger partial charge in [0.15, 0.2) is 0 Å². The van der Waals surface area contributed by atoms with E-state index in [-0.39, 0.29) is 5.82 Å². The van der Waals surface area contributed by atoms with Crippen molar-refractivity contribution in [1.29, 1.82) is 0 Å². The second-order valence-electron chi connectivity index (χ2n) is 6.44. The summed E-state index contributed by atoms with van der Waals surface area (Å²) in [5.41, 5.74) is 5.31. The van der Waals surface area contributed by atoms with Gasteiger partial charge < -0.3 is 9.64 Å². The zero-order valence-corrected chi connectivity index (χ0v) is 15.2. The van der Waals surface area contributed by atoms with Gasteiger partial charge in [-0.05, 0) is 54.4 Å². The number of hydrogen-bond donors (Lipinski definition) is 0. The van der Waals surface area contributed by atoms with Gasteiger partial charge in [-0.25, -0.2) is 4.39 Å². The number of rotatable bonds is 4. The predicted octanol–water partition coefficient (Wildman–Crippen LogP) is 4.00. The topological polar surface area (TPSA) is 50.6 Å². The SMILES string of the molecule is COc1cc(-c2cccc(F)c2)cc2c1N(Cc1ccc(C)nn1)CN=C2. The minimum atomic E-state index is -0.266. The highest BCUT2D eigenvalue weighted by Gasteiger charge is 2.21. The van der Waals surface area contributed by atoms with Crippen molar-refractivity contribution in [1.82, 2.24) is 10.2 Å². The summed E-state index contributed by atoms with van der Waals surface area (Å²) in [7, 11) is 1.64. The molecule has 27 heavy (non-hydrogen) atoms. The van der Waals surface area contributed by atoms with Crippen LogP contribution in [0.25, 0.3) is 11.1 Å². The van der Waals surface area contributed by atoms with Gasteiger partial charge in [-0.15, -0.1) is 0 Å². The third-order valence-corrected chi connectivity index (χ3v) is 4.49. The van der Waals surface area contributed by atoms with E-state index in [0.717, 1.165) is 39.5 Å². The Balaban J connectivity index is 1.74. The molecule has 0 saturated carbocycles. The summed E-state index contributed by atoms with van der Waals surface area (Å²) in [4.78, 5) is 6.56. The third kappa shape index (κ3) is 3.51. The predicted molar refractivity (Wildman–Crippen MR) is 104 cm³/mol. The molecule has 0 saturated heterocycles. The molecular weight excluding hydrogens is 343 g/mol. The first-order chi connectivity index (χ1) is 13.1. The van der Waals surface area contributed by atoms with Gasteiger partial charge in [-0.2, -0.15) is 10.2 Å². The van der Waals surface area contributed by atoms with E-state index in [1.54, 1.807) is 13.2 Å². The van der Waals surface area contributed by atoms with Crippen molar-refractivity contribution in [3.63, 3.8) is 0 Å². The molecule has 0 atom stereocenters. The average Bonchev–Trinajstić information content (AvgIpc) is 2.69. The fourth-order valence-corrected chi connectivity index (χ4v) is 3.20. The van der Waals surface area contributed by atoms with E-state index in [2.05, 4.69) is 20.1 Å². The quantitative estimate of drug-likeness (QED) is 0.704. The van der Waals surface area contributed by atoms with Gasteiger partial charge in [-0.1, -0.05) is 12.1 Å². The van der Waals surface area contributed by atoms with Gasteiger partial charge in [0.05, 0.1) is 30.7 Å². The first-order valence-electron chi connectivity index (χ1n) is 8.66. The Hall–Kier alpha value is -3.28. The van der Waals surface area contributed by atoms with Gasteiger partial charge in [-0.3, -0.25) is 4.99 Å². The summed E-state index contributed by atoms with van der Waals surface area (Å²) in [6.45, 7) is 3.00. The van der Waals surface area contributed by atoms with Crippen LogP contribution in [-0.2, 0) is 6.54 Å². The number of nitrogens with zero attached hydrogens (tertiary/aromatic N) is 4. The van der Waals surface area contributed by atoms with Crippen LogP contribution in [0.1, 0.15) is 17.0 Å². The number of anilines is 1. The van der Waals surface area contributed by atoms with E-state index in [0.29, 0.717) is 13.2 Å². The monoisotopic (exact) mass is 362 g/mol. The van der Waals surface area contributed by atoms with Crippen LogP contribution in [0, 0.1) is 12.7 Å². The van der Waals surface area contributed by atoms with E-state index in [1.807, 2.05) is 43.5 Å². The Labute approximate surface area is 157 Å². The van der Waals surface area contributed by atoms with Crippen molar-refractivity contribution in [2.24, 2.45) is 4.99 Å². The molecule has 0 fully saturated rings. The fourth-order valence-electron chi connectivity index (χ4n) is 3.20. The lowest BCUT2D eigenvalue weighted by Gasteiger charge is -2.29. The van der Waals surface area contributed by atoms with Gasteiger partial charge in [0, 0.05) is 11.8 Å². The minimum Gasteiger partial charge on any atom is -0.495 e. The maximum atomic E-state index is 13.6. The van der Waals surface area contributed by atoms with Crippen molar-refractivity contribution in [2.75, 3.05) is 18.7 Å². The highest BCUT2D eigenvalue weighted by molar-refractivity contribution is 5.94.